The second-order valence-corrected chi connectivity index (χ2v) is 2.66. The van der Waals surface area contributed by atoms with Crippen molar-refractivity contribution in [1.29, 1.82) is 0 Å². The third-order valence-electron chi connectivity index (χ3n) is 1.78. The molecule has 0 aromatic carbocycles. The smallest absolute Gasteiger partial charge is 0.171 e. The van der Waals surface area contributed by atoms with Crippen molar-refractivity contribution in [3.8, 4) is 0 Å². The molecule has 0 heterocycles. The van der Waals surface area contributed by atoms with Gasteiger partial charge in [-0.2, -0.15) is 26.3 Å². The fraction of sp³-hybridized carbons (Fsp3) is 1.00. The molecule has 6 heteroatoms. The van der Waals surface area contributed by atoms with Crippen LogP contribution in [0.5, 0.6) is 0 Å². The van der Waals surface area contributed by atoms with Crippen LogP contribution in [0.1, 0.15) is 13.8 Å². The first kappa shape index (κ1) is 11.6. The summed E-state index contributed by atoms with van der Waals surface area (Å²) < 4.78 is 70.4. The largest absolute Gasteiger partial charge is 0.392 e. The topological polar surface area (TPSA) is 0 Å². The Labute approximate surface area is 65.6 Å². The fourth-order valence-electron chi connectivity index (χ4n) is 0.567. The van der Waals surface area contributed by atoms with E-state index in [9.17, 15) is 26.3 Å². The van der Waals surface area contributed by atoms with E-state index in [0.717, 1.165) is 0 Å². The first-order chi connectivity index (χ1) is 5.07. The Balaban J connectivity index is 4.41. The fourth-order valence-corrected chi connectivity index (χ4v) is 0.567. The van der Waals surface area contributed by atoms with Crippen LogP contribution in [0.2, 0.25) is 0 Å². The van der Waals surface area contributed by atoms with Crippen molar-refractivity contribution >= 4 is 0 Å². The van der Waals surface area contributed by atoms with Gasteiger partial charge in [0, 0.05) is 0 Å². The summed E-state index contributed by atoms with van der Waals surface area (Å²) in [5, 5.41) is 0. The summed E-state index contributed by atoms with van der Waals surface area (Å²) in [5.74, 6) is -4.70. The zero-order chi connectivity index (χ0) is 10.2. The Hall–Kier alpha value is -0.420. The second-order valence-electron chi connectivity index (χ2n) is 2.66. The van der Waals surface area contributed by atoms with Crippen molar-refractivity contribution in [3.63, 3.8) is 0 Å². The Morgan fingerprint density at radius 3 is 0.917 bits per heavy atom. The maximum absolute atomic E-state index is 11.7. The van der Waals surface area contributed by atoms with E-state index in [4.69, 9.17) is 0 Å². The summed E-state index contributed by atoms with van der Waals surface area (Å²) in [6, 6.07) is 0. The average molecular weight is 194 g/mol. The monoisotopic (exact) mass is 194 g/mol. The van der Waals surface area contributed by atoms with Gasteiger partial charge in [-0.1, -0.05) is 13.8 Å². The molecule has 0 aliphatic carbocycles. The van der Waals surface area contributed by atoms with Gasteiger partial charge in [-0.05, 0) is 0 Å². The summed E-state index contributed by atoms with van der Waals surface area (Å²) in [4.78, 5) is 0. The highest BCUT2D eigenvalue weighted by molar-refractivity contribution is 4.74. The van der Waals surface area contributed by atoms with E-state index in [-0.39, 0.29) is 0 Å². The van der Waals surface area contributed by atoms with Crippen molar-refractivity contribution in [2.75, 3.05) is 0 Å². The number of halogens is 6. The van der Waals surface area contributed by atoms with Crippen molar-refractivity contribution in [1.82, 2.24) is 0 Å². The van der Waals surface area contributed by atoms with E-state index >= 15 is 0 Å². The third-order valence-corrected chi connectivity index (χ3v) is 1.78. The molecule has 2 atom stereocenters. The van der Waals surface area contributed by atoms with E-state index in [1.807, 2.05) is 0 Å². The standard InChI is InChI=1S/C6H8F6/c1-3(5(7,8)9)4(2)6(10,11)12/h3-4H,1-2H3. The van der Waals surface area contributed by atoms with Gasteiger partial charge in [-0.3, -0.25) is 0 Å². The van der Waals surface area contributed by atoms with Crippen LogP contribution in [0, 0.1) is 11.8 Å². The molecular formula is C6H8F6. The lowest BCUT2D eigenvalue weighted by atomic mass is 9.95. The molecule has 12 heavy (non-hydrogen) atoms. The molecule has 0 aromatic rings. The summed E-state index contributed by atoms with van der Waals surface area (Å²) in [7, 11) is 0. The van der Waals surface area contributed by atoms with E-state index in [2.05, 4.69) is 0 Å². The minimum absolute atomic E-state index is 0.526. The maximum Gasteiger partial charge on any atom is 0.392 e. The van der Waals surface area contributed by atoms with Gasteiger partial charge in [0.2, 0.25) is 0 Å². The molecule has 0 saturated heterocycles. The first-order valence-electron chi connectivity index (χ1n) is 3.20. The highest BCUT2D eigenvalue weighted by Crippen LogP contribution is 2.39. The molecule has 0 rings (SSSR count). The SMILES string of the molecule is CC(C(C)C(F)(F)F)C(F)(F)F. The quantitative estimate of drug-likeness (QED) is 0.561. The Kier molecular flexibility index (Phi) is 3.03. The van der Waals surface area contributed by atoms with Crippen LogP contribution in [0.25, 0.3) is 0 Å². The summed E-state index contributed by atoms with van der Waals surface area (Å²) in [5.41, 5.74) is 0. The zero-order valence-electron chi connectivity index (χ0n) is 6.42. The van der Waals surface area contributed by atoms with Crippen LogP contribution < -0.4 is 0 Å². The Morgan fingerprint density at radius 2 is 0.833 bits per heavy atom. The van der Waals surface area contributed by atoms with Crippen LogP contribution in [0.4, 0.5) is 26.3 Å². The molecule has 0 aliphatic rings. The van der Waals surface area contributed by atoms with Gasteiger partial charge >= 0.3 is 12.4 Å². The average Bonchev–Trinajstić information content (AvgIpc) is 1.80. The third kappa shape index (κ3) is 2.91. The Morgan fingerprint density at radius 1 is 0.667 bits per heavy atom. The minimum Gasteiger partial charge on any atom is -0.171 e. The Bertz CT molecular complexity index is 125. The molecule has 0 nitrogen and oxygen atoms in total. The van der Waals surface area contributed by atoms with Crippen LogP contribution >= 0.6 is 0 Å². The van der Waals surface area contributed by atoms with E-state index in [1.165, 1.54) is 0 Å². The van der Waals surface area contributed by atoms with Crippen LogP contribution in [-0.4, -0.2) is 12.4 Å². The number of alkyl halides is 6. The molecule has 0 fully saturated rings. The molecule has 0 N–H and O–H groups in total. The molecule has 0 amide bonds. The van der Waals surface area contributed by atoms with Crippen molar-refractivity contribution in [2.24, 2.45) is 11.8 Å². The van der Waals surface area contributed by atoms with Gasteiger partial charge in [0.25, 0.3) is 0 Å². The zero-order valence-corrected chi connectivity index (χ0v) is 6.42. The molecule has 0 aliphatic heterocycles. The summed E-state index contributed by atoms with van der Waals surface area (Å²) in [6.07, 6.45) is -9.57. The normalized spacial score (nSPS) is 19.0. The molecule has 0 aromatic heterocycles. The predicted octanol–water partition coefficient (Wildman–Crippen LogP) is 3.38. The van der Waals surface area contributed by atoms with Crippen LogP contribution in [-0.2, 0) is 0 Å². The van der Waals surface area contributed by atoms with E-state index in [0.29, 0.717) is 13.8 Å². The van der Waals surface area contributed by atoms with Crippen molar-refractivity contribution < 1.29 is 26.3 Å². The molecule has 0 bridgehead atoms. The number of hydrogen-bond donors (Lipinski definition) is 0. The van der Waals surface area contributed by atoms with Gasteiger partial charge in [-0.15, -0.1) is 0 Å². The molecule has 2 unspecified atom stereocenters. The molecule has 74 valence electrons. The van der Waals surface area contributed by atoms with Crippen LogP contribution in [0.15, 0.2) is 0 Å². The van der Waals surface area contributed by atoms with Gasteiger partial charge in [0.1, 0.15) is 0 Å². The lowest BCUT2D eigenvalue weighted by Gasteiger charge is -2.24. The van der Waals surface area contributed by atoms with Gasteiger partial charge in [0.15, 0.2) is 0 Å². The summed E-state index contributed by atoms with van der Waals surface area (Å²) >= 11 is 0. The first-order valence-corrected chi connectivity index (χ1v) is 3.20. The highest BCUT2D eigenvalue weighted by Gasteiger charge is 2.49. The maximum atomic E-state index is 11.7. The minimum atomic E-state index is -4.78. The number of hydrogen-bond acceptors (Lipinski definition) is 0. The highest BCUT2D eigenvalue weighted by atomic mass is 19.4. The lowest BCUT2D eigenvalue weighted by molar-refractivity contribution is -0.245. The second kappa shape index (κ2) is 3.14. The van der Waals surface area contributed by atoms with E-state index in [1.54, 1.807) is 0 Å². The van der Waals surface area contributed by atoms with E-state index < -0.39 is 24.2 Å². The molecular weight excluding hydrogens is 186 g/mol. The predicted molar refractivity (Wildman–Crippen MR) is 30.4 cm³/mol. The van der Waals surface area contributed by atoms with Gasteiger partial charge < -0.3 is 0 Å². The number of rotatable bonds is 1. The molecule has 0 radical (unpaired) electrons. The van der Waals surface area contributed by atoms with Crippen molar-refractivity contribution in [3.05, 3.63) is 0 Å². The van der Waals surface area contributed by atoms with Crippen LogP contribution in [0.3, 0.4) is 0 Å². The molecule has 0 spiro atoms. The van der Waals surface area contributed by atoms with Gasteiger partial charge in [0.05, 0.1) is 11.8 Å². The van der Waals surface area contributed by atoms with Gasteiger partial charge in [-0.25, -0.2) is 0 Å². The molecule has 0 saturated carbocycles. The lowest BCUT2D eigenvalue weighted by Crippen LogP contribution is -2.35. The summed E-state index contributed by atoms with van der Waals surface area (Å²) in [6.45, 7) is 1.05. The van der Waals surface area contributed by atoms with Crippen molar-refractivity contribution in [2.45, 2.75) is 26.2 Å².